The summed E-state index contributed by atoms with van der Waals surface area (Å²) in [5, 5.41) is 7.57. The monoisotopic (exact) mass is 327 g/mol. The van der Waals surface area contributed by atoms with Crippen LogP contribution in [0, 0.1) is 0 Å². The summed E-state index contributed by atoms with van der Waals surface area (Å²) < 4.78 is 0.818. The molecule has 2 rings (SSSR count). The Morgan fingerprint density at radius 3 is 3.06 bits per heavy atom. The van der Waals surface area contributed by atoms with E-state index in [1.54, 1.807) is 17.5 Å². The lowest BCUT2D eigenvalue weighted by molar-refractivity contribution is 0.785. The third-order valence-corrected chi connectivity index (χ3v) is 3.69. The van der Waals surface area contributed by atoms with Crippen molar-refractivity contribution in [1.82, 2.24) is 9.97 Å². The van der Waals surface area contributed by atoms with E-state index >= 15 is 0 Å². The van der Waals surface area contributed by atoms with Gasteiger partial charge in [0.15, 0.2) is 0 Å². The van der Waals surface area contributed by atoms with E-state index < -0.39 is 0 Å². The molecule has 0 aromatic carbocycles. The Morgan fingerprint density at radius 1 is 1.56 bits per heavy atom. The van der Waals surface area contributed by atoms with Crippen LogP contribution in [-0.4, -0.2) is 16.0 Å². The third kappa shape index (κ3) is 3.41. The molecular formula is C11H14BrN5S. The van der Waals surface area contributed by atoms with Gasteiger partial charge in [0.2, 0.25) is 5.95 Å². The fourth-order valence-electron chi connectivity index (χ4n) is 1.58. The van der Waals surface area contributed by atoms with Gasteiger partial charge in [0.05, 0.1) is 4.47 Å². The maximum absolute atomic E-state index is 5.29. The van der Waals surface area contributed by atoms with Gasteiger partial charge in [-0.3, -0.25) is 5.43 Å². The highest BCUT2D eigenvalue weighted by atomic mass is 79.9. The lowest BCUT2D eigenvalue weighted by Gasteiger charge is -2.15. The van der Waals surface area contributed by atoms with Crippen LogP contribution in [0.1, 0.15) is 12.5 Å². The van der Waals surface area contributed by atoms with Crippen LogP contribution < -0.4 is 16.6 Å². The molecule has 1 unspecified atom stereocenters. The van der Waals surface area contributed by atoms with Gasteiger partial charge in [-0.05, 0) is 51.7 Å². The molecule has 18 heavy (non-hydrogen) atoms. The van der Waals surface area contributed by atoms with Crippen molar-refractivity contribution in [2.45, 2.75) is 19.4 Å². The molecule has 4 N–H and O–H groups in total. The van der Waals surface area contributed by atoms with Crippen molar-refractivity contribution in [1.29, 1.82) is 0 Å². The van der Waals surface area contributed by atoms with E-state index in [9.17, 15) is 0 Å². The number of hydrazine groups is 1. The van der Waals surface area contributed by atoms with E-state index in [2.05, 4.69) is 60.4 Å². The number of aromatic nitrogens is 2. The Kier molecular flexibility index (Phi) is 4.51. The van der Waals surface area contributed by atoms with E-state index in [0.717, 1.165) is 16.7 Å². The van der Waals surface area contributed by atoms with Crippen molar-refractivity contribution in [3.05, 3.63) is 33.1 Å². The Balaban J connectivity index is 2.04. The molecule has 2 heterocycles. The first kappa shape index (κ1) is 13.3. The zero-order valence-corrected chi connectivity index (χ0v) is 12.3. The number of nitrogens with one attached hydrogen (secondary N) is 2. The number of halogens is 1. The molecule has 2 aromatic heterocycles. The first-order chi connectivity index (χ1) is 8.69. The molecule has 0 aliphatic heterocycles. The fraction of sp³-hybridized carbons (Fsp3) is 0.273. The van der Waals surface area contributed by atoms with Crippen molar-refractivity contribution in [2.24, 2.45) is 5.84 Å². The Morgan fingerprint density at radius 2 is 2.39 bits per heavy atom. The van der Waals surface area contributed by atoms with Gasteiger partial charge < -0.3 is 5.32 Å². The Hall–Kier alpha value is -1.18. The topological polar surface area (TPSA) is 75.9 Å². The van der Waals surface area contributed by atoms with Gasteiger partial charge in [-0.15, -0.1) is 0 Å². The molecule has 5 nitrogen and oxygen atoms in total. The van der Waals surface area contributed by atoms with Crippen LogP contribution in [0.5, 0.6) is 0 Å². The van der Waals surface area contributed by atoms with Gasteiger partial charge in [0, 0.05) is 12.2 Å². The second-order valence-corrected chi connectivity index (χ2v) is 5.55. The molecule has 1 atom stereocenters. The number of nitrogen functional groups attached to an aromatic ring is 1. The SMILES string of the molecule is CC(Cc1ccsc1)Nc1nc(NN)ncc1Br. The van der Waals surface area contributed by atoms with Crippen LogP contribution in [0.2, 0.25) is 0 Å². The molecule has 0 fully saturated rings. The average molecular weight is 328 g/mol. The molecule has 0 amide bonds. The summed E-state index contributed by atoms with van der Waals surface area (Å²) in [6, 6.07) is 2.40. The molecule has 96 valence electrons. The van der Waals surface area contributed by atoms with Gasteiger partial charge in [-0.2, -0.15) is 16.3 Å². The van der Waals surface area contributed by atoms with E-state index in [-0.39, 0.29) is 6.04 Å². The predicted octanol–water partition coefficient (Wildman–Crippen LogP) is 2.63. The summed E-state index contributed by atoms with van der Waals surface area (Å²) in [6.45, 7) is 2.11. The van der Waals surface area contributed by atoms with Crippen LogP contribution in [0.3, 0.4) is 0 Å². The van der Waals surface area contributed by atoms with E-state index in [1.165, 1.54) is 5.56 Å². The molecule has 0 aliphatic carbocycles. The highest BCUT2D eigenvalue weighted by molar-refractivity contribution is 9.10. The molecule has 2 aromatic rings. The van der Waals surface area contributed by atoms with Crippen LogP contribution in [-0.2, 0) is 6.42 Å². The summed E-state index contributed by atoms with van der Waals surface area (Å²) >= 11 is 5.12. The highest BCUT2D eigenvalue weighted by Crippen LogP contribution is 2.21. The highest BCUT2D eigenvalue weighted by Gasteiger charge is 2.09. The van der Waals surface area contributed by atoms with Gasteiger partial charge in [-0.25, -0.2) is 10.8 Å². The lowest BCUT2D eigenvalue weighted by atomic mass is 10.1. The maximum atomic E-state index is 5.29. The van der Waals surface area contributed by atoms with Gasteiger partial charge in [0.1, 0.15) is 5.82 Å². The lowest BCUT2D eigenvalue weighted by Crippen LogP contribution is -2.20. The molecule has 0 aliphatic rings. The number of rotatable bonds is 5. The van der Waals surface area contributed by atoms with Crippen LogP contribution in [0.25, 0.3) is 0 Å². The molecule has 0 saturated carbocycles. The maximum Gasteiger partial charge on any atom is 0.239 e. The summed E-state index contributed by atoms with van der Waals surface area (Å²) in [7, 11) is 0. The quantitative estimate of drug-likeness (QED) is 0.581. The van der Waals surface area contributed by atoms with Crippen molar-refractivity contribution in [3.63, 3.8) is 0 Å². The van der Waals surface area contributed by atoms with Crippen molar-refractivity contribution >= 4 is 39.0 Å². The van der Waals surface area contributed by atoms with E-state index in [0.29, 0.717) is 5.95 Å². The average Bonchev–Trinajstić information content (AvgIpc) is 2.84. The minimum atomic E-state index is 0.274. The van der Waals surface area contributed by atoms with Gasteiger partial charge in [-0.1, -0.05) is 0 Å². The van der Waals surface area contributed by atoms with Crippen LogP contribution >= 0.6 is 27.3 Å². The molecular weight excluding hydrogens is 314 g/mol. The smallest absolute Gasteiger partial charge is 0.239 e. The first-order valence-electron chi connectivity index (χ1n) is 5.46. The fourth-order valence-corrected chi connectivity index (χ4v) is 2.57. The number of hydrogen-bond donors (Lipinski definition) is 3. The predicted molar refractivity (Wildman–Crippen MR) is 78.6 cm³/mol. The Bertz CT molecular complexity index is 502. The van der Waals surface area contributed by atoms with Crippen molar-refractivity contribution < 1.29 is 0 Å². The standard InChI is InChI=1S/C11H14BrN5S/c1-7(4-8-2-3-18-6-8)15-10-9(12)5-14-11(16-10)17-13/h2-3,5-7H,4,13H2,1H3,(H2,14,15,16,17). The van der Waals surface area contributed by atoms with E-state index in [1.807, 2.05) is 0 Å². The largest absolute Gasteiger partial charge is 0.366 e. The van der Waals surface area contributed by atoms with E-state index in [4.69, 9.17) is 5.84 Å². The summed E-state index contributed by atoms with van der Waals surface area (Å²) in [5.74, 6) is 6.42. The zero-order chi connectivity index (χ0) is 13.0. The van der Waals surface area contributed by atoms with Gasteiger partial charge in [0.25, 0.3) is 0 Å². The van der Waals surface area contributed by atoms with Crippen molar-refractivity contribution in [3.8, 4) is 0 Å². The normalized spacial score (nSPS) is 12.2. The number of nitrogens with zero attached hydrogens (tertiary/aromatic N) is 2. The molecule has 7 heteroatoms. The third-order valence-electron chi connectivity index (χ3n) is 2.38. The number of anilines is 2. The Labute approximate surface area is 118 Å². The van der Waals surface area contributed by atoms with Crippen LogP contribution in [0.15, 0.2) is 27.5 Å². The summed E-state index contributed by atoms with van der Waals surface area (Å²) in [6.07, 6.45) is 2.62. The van der Waals surface area contributed by atoms with Crippen LogP contribution in [0.4, 0.5) is 11.8 Å². The molecule has 0 bridgehead atoms. The summed E-state index contributed by atoms with van der Waals surface area (Å²) in [4.78, 5) is 8.27. The zero-order valence-electron chi connectivity index (χ0n) is 9.85. The minimum absolute atomic E-state index is 0.274. The number of thiophene rings is 1. The second kappa shape index (κ2) is 6.12. The number of nitrogens with two attached hydrogens (primary N) is 1. The minimum Gasteiger partial charge on any atom is -0.366 e. The molecule has 0 spiro atoms. The van der Waals surface area contributed by atoms with Crippen molar-refractivity contribution in [2.75, 3.05) is 10.7 Å². The molecule has 0 saturated heterocycles. The summed E-state index contributed by atoms with van der Waals surface area (Å²) in [5.41, 5.74) is 3.75. The number of hydrogen-bond acceptors (Lipinski definition) is 6. The first-order valence-corrected chi connectivity index (χ1v) is 7.19. The second-order valence-electron chi connectivity index (χ2n) is 3.92. The molecule has 0 radical (unpaired) electrons. The van der Waals surface area contributed by atoms with Gasteiger partial charge >= 0.3 is 0 Å².